The van der Waals surface area contributed by atoms with E-state index in [0.29, 0.717) is 17.0 Å². The lowest BCUT2D eigenvalue weighted by molar-refractivity contribution is -0.384. The van der Waals surface area contributed by atoms with E-state index >= 15 is 0 Å². The van der Waals surface area contributed by atoms with Crippen molar-refractivity contribution in [2.24, 2.45) is 4.99 Å². The monoisotopic (exact) mass is 406 g/mol. The smallest absolute Gasteiger partial charge is 0.291 e. The molecule has 0 spiro atoms. The minimum absolute atomic E-state index is 0.0364. The Hall–Kier alpha value is -3.59. The number of aliphatic imine (C=N–C) groups is 1. The molecule has 0 unspecified atom stereocenters. The predicted molar refractivity (Wildman–Crippen MR) is 111 cm³/mol. The second-order valence-corrected chi connectivity index (χ2v) is 7.54. The largest absolute Gasteiger partial charge is 0.451 e. The van der Waals surface area contributed by atoms with Gasteiger partial charge in [-0.2, -0.15) is 0 Å². The molecule has 1 aromatic heterocycles. The van der Waals surface area contributed by atoms with Crippen molar-refractivity contribution in [3.8, 4) is 11.3 Å². The summed E-state index contributed by atoms with van der Waals surface area (Å²) >= 11 is 1.63. The molecule has 9 heteroatoms. The molecule has 3 heterocycles. The van der Waals surface area contributed by atoms with E-state index < -0.39 is 4.92 Å². The molecule has 2 aliphatic heterocycles. The number of rotatable bonds is 4. The van der Waals surface area contributed by atoms with E-state index in [0.717, 1.165) is 28.8 Å². The third-order valence-corrected chi connectivity index (χ3v) is 5.78. The zero-order valence-corrected chi connectivity index (χ0v) is 15.8. The molecule has 3 aromatic rings. The molecular weight excluding hydrogens is 392 g/mol. The number of nitrogens with zero attached hydrogens (tertiary/aromatic N) is 3. The molecule has 0 aliphatic carbocycles. The number of furan rings is 1. The number of benzene rings is 2. The number of hydrogen-bond acceptors (Lipinski definition) is 7. The van der Waals surface area contributed by atoms with Crippen LogP contribution in [0.1, 0.15) is 10.6 Å². The van der Waals surface area contributed by atoms with Crippen LogP contribution in [0.4, 0.5) is 17.1 Å². The first-order valence-electron chi connectivity index (χ1n) is 8.88. The normalized spacial score (nSPS) is 14.3. The Morgan fingerprint density at radius 3 is 2.97 bits per heavy atom. The van der Waals surface area contributed by atoms with E-state index in [1.165, 1.54) is 12.1 Å². The molecule has 0 fully saturated rings. The van der Waals surface area contributed by atoms with Gasteiger partial charge in [0.15, 0.2) is 10.9 Å². The zero-order valence-electron chi connectivity index (χ0n) is 15.0. The fraction of sp³-hybridized carbons (Fsp3) is 0.100. The van der Waals surface area contributed by atoms with Crippen LogP contribution in [0.25, 0.3) is 11.3 Å². The first-order chi connectivity index (χ1) is 14.1. The summed E-state index contributed by atoms with van der Waals surface area (Å²) in [7, 11) is 0. The highest BCUT2D eigenvalue weighted by molar-refractivity contribution is 8.14. The summed E-state index contributed by atoms with van der Waals surface area (Å²) in [6.45, 7) is 1.63. The van der Waals surface area contributed by atoms with Gasteiger partial charge < -0.3 is 14.6 Å². The van der Waals surface area contributed by atoms with Gasteiger partial charge in [0.1, 0.15) is 5.76 Å². The van der Waals surface area contributed by atoms with Crippen molar-refractivity contribution in [2.45, 2.75) is 4.90 Å². The predicted octanol–water partition coefficient (Wildman–Crippen LogP) is 4.39. The number of carbonyl (C=O) groups is 1. The number of nitrogens with one attached hydrogen (secondary N) is 1. The van der Waals surface area contributed by atoms with Crippen molar-refractivity contribution in [3.05, 3.63) is 70.5 Å². The fourth-order valence-corrected chi connectivity index (χ4v) is 4.37. The van der Waals surface area contributed by atoms with Gasteiger partial charge >= 0.3 is 0 Å². The van der Waals surface area contributed by atoms with Crippen LogP contribution in [0.15, 0.2) is 68.9 Å². The summed E-state index contributed by atoms with van der Waals surface area (Å²) in [4.78, 5) is 30.8. The van der Waals surface area contributed by atoms with Crippen molar-refractivity contribution in [2.75, 3.05) is 23.3 Å². The number of nitro groups is 1. The Kier molecular flexibility index (Phi) is 4.09. The molecular formula is C20H14N4O4S. The summed E-state index contributed by atoms with van der Waals surface area (Å²) in [5, 5.41) is 14.8. The van der Waals surface area contributed by atoms with Gasteiger partial charge in [-0.1, -0.05) is 12.1 Å². The van der Waals surface area contributed by atoms with Gasteiger partial charge in [0.05, 0.1) is 17.2 Å². The van der Waals surface area contributed by atoms with Crippen molar-refractivity contribution in [1.82, 2.24) is 0 Å². The lowest BCUT2D eigenvalue weighted by Gasteiger charge is -2.13. The number of amides is 1. The molecule has 0 saturated heterocycles. The topological polar surface area (TPSA) is 101 Å². The molecule has 0 atom stereocenters. The van der Waals surface area contributed by atoms with Crippen molar-refractivity contribution in [3.63, 3.8) is 0 Å². The zero-order chi connectivity index (χ0) is 20.0. The van der Waals surface area contributed by atoms with E-state index in [2.05, 4.69) is 15.2 Å². The molecule has 29 heavy (non-hydrogen) atoms. The lowest BCUT2D eigenvalue weighted by Crippen LogP contribution is -2.21. The summed E-state index contributed by atoms with van der Waals surface area (Å²) < 4.78 is 5.63. The third-order valence-electron chi connectivity index (χ3n) is 4.68. The van der Waals surface area contributed by atoms with Crippen LogP contribution in [0.2, 0.25) is 0 Å². The number of nitro benzene ring substituents is 1. The maximum Gasteiger partial charge on any atom is 0.291 e. The quantitative estimate of drug-likeness (QED) is 0.509. The molecule has 1 amide bonds. The van der Waals surface area contributed by atoms with Crippen LogP contribution in [0.5, 0.6) is 0 Å². The molecule has 2 aromatic carbocycles. The Morgan fingerprint density at radius 2 is 2.10 bits per heavy atom. The Labute approximate surface area is 169 Å². The molecule has 0 saturated carbocycles. The molecule has 2 aliphatic rings. The number of hydrogen-bond donors (Lipinski definition) is 1. The number of carbonyl (C=O) groups excluding carboxylic acids is 1. The number of anilines is 2. The van der Waals surface area contributed by atoms with Gasteiger partial charge in [0.25, 0.3) is 11.6 Å². The molecule has 8 nitrogen and oxygen atoms in total. The second-order valence-electron chi connectivity index (χ2n) is 6.53. The molecule has 5 rings (SSSR count). The highest BCUT2D eigenvalue weighted by Gasteiger charge is 2.29. The Morgan fingerprint density at radius 1 is 1.21 bits per heavy atom. The van der Waals surface area contributed by atoms with Gasteiger partial charge in [0, 0.05) is 34.8 Å². The van der Waals surface area contributed by atoms with E-state index in [-0.39, 0.29) is 17.4 Å². The van der Waals surface area contributed by atoms with Gasteiger partial charge in [-0.05, 0) is 42.1 Å². The summed E-state index contributed by atoms with van der Waals surface area (Å²) in [6.07, 6.45) is 0. The number of amidine groups is 1. The average molecular weight is 406 g/mol. The second kappa shape index (κ2) is 6.78. The number of thioether (sulfide) groups is 1. The van der Waals surface area contributed by atoms with Crippen LogP contribution in [-0.2, 0) is 0 Å². The minimum Gasteiger partial charge on any atom is -0.451 e. The van der Waals surface area contributed by atoms with Crippen LogP contribution >= 0.6 is 11.8 Å². The highest BCUT2D eigenvalue weighted by atomic mass is 32.2. The van der Waals surface area contributed by atoms with Crippen molar-refractivity contribution >= 4 is 39.9 Å². The third kappa shape index (κ3) is 3.15. The lowest BCUT2D eigenvalue weighted by atomic mass is 10.1. The molecule has 0 bridgehead atoms. The maximum absolute atomic E-state index is 12.6. The summed E-state index contributed by atoms with van der Waals surface area (Å²) in [5.41, 5.74) is 2.20. The highest BCUT2D eigenvalue weighted by Crippen LogP contribution is 2.43. The van der Waals surface area contributed by atoms with Crippen LogP contribution in [0.3, 0.4) is 0 Å². The standard InChI is InChI=1S/C20H14N4O4S/c25-19(17-6-5-16(28-17)12-2-1-3-14(10-12)24(26)27)22-13-4-7-18-15(11-13)23-9-8-21-20(23)29-18/h1-7,10-11H,8-9H2,(H,22,25). The number of non-ortho nitro benzene ring substituents is 1. The van der Waals surface area contributed by atoms with E-state index in [9.17, 15) is 14.9 Å². The average Bonchev–Trinajstić information content (AvgIpc) is 3.44. The van der Waals surface area contributed by atoms with Crippen molar-refractivity contribution < 1.29 is 14.1 Å². The number of fused-ring (bicyclic) bond motifs is 3. The Bertz CT molecular complexity index is 1190. The molecule has 0 radical (unpaired) electrons. The van der Waals surface area contributed by atoms with Crippen LogP contribution in [0, 0.1) is 10.1 Å². The van der Waals surface area contributed by atoms with Crippen molar-refractivity contribution in [1.29, 1.82) is 0 Å². The first kappa shape index (κ1) is 17.5. The fourth-order valence-electron chi connectivity index (χ4n) is 3.31. The van der Waals surface area contributed by atoms with E-state index in [4.69, 9.17) is 4.42 Å². The molecule has 144 valence electrons. The molecule has 1 N–H and O–H groups in total. The van der Waals surface area contributed by atoms with Crippen LogP contribution < -0.4 is 10.2 Å². The SMILES string of the molecule is O=C(Nc1ccc2c(c1)N1CCN=C1S2)c1ccc(-c2cccc([N+](=O)[O-])c2)o1. The van der Waals surface area contributed by atoms with Gasteiger partial charge in [-0.15, -0.1) is 0 Å². The van der Waals surface area contributed by atoms with Gasteiger partial charge in [-0.3, -0.25) is 19.9 Å². The van der Waals surface area contributed by atoms with Gasteiger partial charge in [0.2, 0.25) is 0 Å². The van der Waals surface area contributed by atoms with Gasteiger partial charge in [-0.25, -0.2) is 0 Å². The maximum atomic E-state index is 12.6. The van der Waals surface area contributed by atoms with E-state index in [1.54, 1.807) is 36.0 Å². The Balaban J connectivity index is 1.35. The minimum atomic E-state index is -0.470. The summed E-state index contributed by atoms with van der Waals surface area (Å²) in [5.74, 6) is 0.134. The van der Waals surface area contributed by atoms with Crippen LogP contribution in [-0.4, -0.2) is 29.1 Å². The van der Waals surface area contributed by atoms with E-state index in [1.807, 2.05) is 18.2 Å². The summed E-state index contributed by atoms with van der Waals surface area (Å²) in [6, 6.07) is 15.0. The first-order valence-corrected chi connectivity index (χ1v) is 9.70.